The van der Waals surface area contributed by atoms with Gasteiger partial charge in [-0.3, -0.25) is 19.5 Å². The van der Waals surface area contributed by atoms with Crippen LogP contribution in [0.15, 0.2) is 42.6 Å². The number of carbonyl (C=O) groups is 4. The lowest BCUT2D eigenvalue weighted by Crippen LogP contribution is -2.72. The molecule has 1 spiro atoms. The second-order valence-electron chi connectivity index (χ2n) is 12.0. The lowest BCUT2D eigenvalue weighted by Gasteiger charge is -2.60. The molecule has 46 heavy (non-hydrogen) atoms. The first-order chi connectivity index (χ1) is 21.9. The number of rotatable bonds is 7. The lowest BCUT2D eigenvalue weighted by molar-refractivity contribution is -0.400. The number of nitrogens with one attached hydrogen (secondary N) is 1. The largest absolute Gasteiger partial charge is 0.499 e. The van der Waals surface area contributed by atoms with Crippen molar-refractivity contribution < 1.29 is 28.5 Å². The Hall–Kier alpha value is -4.39. The zero-order valence-electron chi connectivity index (χ0n) is 25.7. The van der Waals surface area contributed by atoms with Crippen molar-refractivity contribution in [2.24, 2.45) is 11.3 Å². The minimum Gasteiger partial charge on any atom is -0.481 e. The molecular formula is C32H32Cl2N7O5+. The van der Waals surface area contributed by atoms with Crippen LogP contribution < -0.4 is 10.1 Å². The normalized spacial score (nSPS) is 19.0. The van der Waals surface area contributed by atoms with E-state index in [1.807, 2.05) is 17.0 Å². The van der Waals surface area contributed by atoms with Crippen LogP contribution in [0.5, 0.6) is 5.88 Å². The van der Waals surface area contributed by atoms with Gasteiger partial charge in [-0.25, -0.2) is 14.4 Å². The van der Waals surface area contributed by atoms with Crippen LogP contribution in [-0.4, -0.2) is 107 Å². The van der Waals surface area contributed by atoms with Gasteiger partial charge < -0.3 is 15.0 Å². The average molecular weight is 666 g/mol. The van der Waals surface area contributed by atoms with Gasteiger partial charge in [-0.1, -0.05) is 41.4 Å². The van der Waals surface area contributed by atoms with Crippen molar-refractivity contribution in [1.29, 1.82) is 0 Å². The number of pyridine rings is 2. The highest BCUT2D eigenvalue weighted by molar-refractivity contribution is 6.39. The number of likely N-dealkylation sites (tertiary alicyclic amines) is 2. The van der Waals surface area contributed by atoms with Gasteiger partial charge in [0.05, 0.1) is 54.5 Å². The molecule has 5 amide bonds. The summed E-state index contributed by atoms with van der Waals surface area (Å²) in [5.74, 6) is -1.89. The molecule has 14 heteroatoms. The number of urea groups is 1. The molecule has 238 valence electrons. The Morgan fingerprint density at radius 1 is 1.07 bits per heavy atom. The van der Waals surface area contributed by atoms with Crippen molar-refractivity contribution >= 4 is 58.9 Å². The third kappa shape index (κ3) is 5.61. The van der Waals surface area contributed by atoms with Crippen LogP contribution in [0.4, 0.5) is 10.5 Å². The summed E-state index contributed by atoms with van der Waals surface area (Å²) in [5.41, 5.74) is 3.43. The molecule has 12 nitrogen and oxygen atoms in total. The van der Waals surface area contributed by atoms with E-state index in [4.69, 9.17) is 32.9 Å². The SMILES string of the molecule is COc1nc(-c2ccnc(-c3cccc(NC(=O)C4C=[N+](C)C(=O)N(C)C4=O)c3Cl)c2Cl)ccc1CN1CC2(C1)CN(C(C)=O)C2. The quantitative estimate of drug-likeness (QED) is 0.300. The number of benzene rings is 1. The fraction of sp³-hybridized carbons (Fsp3) is 0.344. The summed E-state index contributed by atoms with van der Waals surface area (Å²) in [6.45, 7) is 5.75. The molecule has 0 radical (unpaired) electrons. The number of hydrogen-bond donors (Lipinski definition) is 1. The van der Waals surface area contributed by atoms with Gasteiger partial charge in [0.1, 0.15) is 0 Å². The van der Waals surface area contributed by atoms with E-state index in [1.165, 1.54) is 24.9 Å². The van der Waals surface area contributed by atoms with Crippen LogP contribution in [0.2, 0.25) is 10.0 Å². The van der Waals surface area contributed by atoms with E-state index in [2.05, 4.69) is 15.2 Å². The van der Waals surface area contributed by atoms with Crippen LogP contribution in [0.25, 0.3) is 22.5 Å². The number of hydrogen-bond acceptors (Lipinski definition) is 8. The van der Waals surface area contributed by atoms with Crippen molar-refractivity contribution in [3.05, 3.63) is 58.2 Å². The summed E-state index contributed by atoms with van der Waals surface area (Å²) in [6, 6.07) is 10.1. The highest BCUT2D eigenvalue weighted by Crippen LogP contribution is 2.42. The Morgan fingerprint density at radius 3 is 2.50 bits per heavy atom. The number of carbonyl (C=O) groups excluding carboxylic acids is 4. The summed E-state index contributed by atoms with van der Waals surface area (Å²) in [4.78, 5) is 63.6. The fourth-order valence-electron chi connectivity index (χ4n) is 6.28. The summed E-state index contributed by atoms with van der Waals surface area (Å²) in [7, 11) is 4.37. The molecule has 0 aliphatic carbocycles. The molecule has 1 aromatic carbocycles. The van der Waals surface area contributed by atoms with Gasteiger partial charge in [0.25, 0.3) is 0 Å². The highest BCUT2D eigenvalue weighted by atomic mass is 35.5. The van der Waals surface area contributed by atoms with Gasteiger partial charge in [-0.15, -0.1) is 0 Å². The number of ether oxygens (including phenoxy) is 1. The predicted octanol–water partition coefficient (Wildman–Crippen LogP) is 3.65. The molecule has 6 rings (SSSR count). The Labute approximate surface area is 275 Å². The molecule has 0 bridgehead atoms. The maximum absolute atomic E-state index is 13.1. The summed E-state index contributed by atoms with van der Waals surface area (Å²) >= 11 is 13.7. The van der Waals surface area contributed by atoms with Crippen molar-refractivity contribution in [2.45, 2.75) is 13.5 Å². The van der Waals surface area contributed by atoms with Crippen LogP contribution in [0, 0.1) is 11.3 Å². The second kappa shape index (κ2) is 12.1. The van der Waals surface area contributed by atoms with E-state index < -0.39 is 23.8 Å². The van der Waals surface area contributed by atoms with Crippen molar-refractivity contribution in [2.75, 3.05) is 52.7 Å². The fourth-order valence-corrected chi connectivity index (χ4v) is 6.85. The van der Waals surface area contributed by atoms with Gasteiger partial charge in [-0.2, -0.15) is 9.69 Å². The zero-order chi connectivity index (χ0) is 32.9. The second-order valence-corrected chi connectivity index (χ2v) is 12.7. The maximum atomic E-state index is 13.1. The first kappa shape index (κ1) is 31.6. The number of aromatic nitrogens is 2. The number of imide groups is 1. The van der Waals surface area contributed by atoms with Crippen molar-refractivity contribution in [3.63, 3.8) is 0 Å². The lowest BCUT2D eigenvalue weighted by atomic mass is 9.72. The number of anilines is 1. The van der Waals surface area contributed by atoms with Crippen molar-refractivity contribution in [3.8, 4) is 28.4 Å². The highest BCUT2D eigenvalue weighted by Gasteiger charge is 2.52. The smallest absolute Gasteiger partial charge is 0.481 e. The Balaban J connectivity index is 1.21. The molecular weight excluding hydrogens is 633 g/mol. The van der Waals surface area contributed by atoms with Gasteiger partial charge >= 0.3 is 11.9 Å². The third-order valence-electron chi connectivity index (χ3n) is 8.66. The van der Waals surface area contributed by atoms with E-state index in [0.717, 1.165) is 36.6 Å². The summed E-state index contributed by atoms with van der Waals surface area (Å²) < 4.78 is 6.85. The first-order valence-corrected chi connectivity index (χ1v) is 15.3. The van der Waals surface area contributed by atoms with Crippen LogP contribution in [0.3, 0.4) is 0 Å². The number of nitrogens with zero attached hydrogens (tertiary/aromatic N) is 6. The van der Waals surface area contributed by atoms with Crippen LogP contribution in [-0.2, 0) is 20.9 Å². The predicted molar refractivity (Wildman–Crippen MR) is 172 cm³/mol. The molecule has 5 heterocycles. The third-order valence-corrected chi connectivity index (χ3v) is 9.45. The standard InChI is InChI=1S/C32H31Cl2N7O5/c1-18(42)41-16-32(17-41)14-40(15-32)12-19-8-9-23(37-29(19)46-4)20-10-11-35-27(26(20)34)21-6-5-7-24(25(21)33)36-28(43)22-13-38(2)31(45)39(3)30(22)44/h5-11,13,22H,12,14-17H2,1-4H3/p+1. The first-order valence-electron chi connectivity index (χ1n) is 14.6. The molecule has 2 saturated heterocycles. The van der Waals surface area contributed by atoms with E-state index in [0.29, 0.717) is 40.0 Å². The number of methoxy groups -OCH3 is 1. The van der Waals surface area contributed by atoms with Crippen molar-refractivity contribution in [1.82, 2.24) is 24.7 Å². The molecule has 3 aliphatic rings. The zero-order valence-corrected chi connectivity index (χ0v) is 27.2. The maximum Gasteiger partial charge on any atom is 0.499 e. The minimum absolute atomic E-state index is 0.123. The average Bonchev–Trinajstić information content (AvgIpc) is 2.99. The van der Waals surface area contributed by atoms with E-state index in [1.54, 1.807) is 44.5 Å². The van der Waals surface area contributed by atoms with E-state index >= 15 is 0 Å². The van der Waals surface area contributed by atoms with E-state index in [-0.39, 0.29) is 22.0 Å². The molecule has 3 aromatic rings. The molecule has 2 aromatic heterocycles. The molecule has 1 atom stereocenters. The van der Waals surface area contributed by atoms with E-state index in [9.17, 15) is 19.2 Å². The number of halogens is 2. The van der Waals surface area contributed by atoms with Crippen LogP contribution in [0.1, 0.15) is 12.5 Å². The van der Waals surface area contributed by atoms with Gasteiger partial charge in [0.2, 0.25) is 17.7 Å². The van der Waals surface area contributed by atoms with Gasteiger partial charge in [0.15, 0.2) is 5.92 Å². The number of amides is 5. The van der Waals surface area contributed by atoms with Gasteiger partial charge in [0, 0.05) is 67.9 Å². The summed E-state index contributed by atoms with van der Waals surface area (Å²) in [5, 5.41) is 3.18. The molecule has 3 aliphatic heterocycles. The summed E-state index contributed by atoms with van der Waals surface area (Å²) in [6.07, 6.45) is 2.87. The van der Waals surface area contributed by atoms with Gasteiger partial charge in [-0.05, 0) is 18.2 Å². The molecule has 2 fully saturated rings. The Bertz CT molecular complexity index is 1820. The molecule has 1 unspecified atom stereocenters. The molecule has 1 N–H and O–H groups in total. The Kier molecular flexibility index (Phi) is 8.30. The minimum atomic E-state index is -1.21. The van der Waals surface area contributed by atoms with Crippen LogP contribution >= 0.6 is 23.2 Å². The monoisotopic (exact) mass is 664 g/mol. The molecule has 0 saturated carbocycles. The topological polar surface area (TPSA) is 128 Å². The Morgan fingerprint density at radius 2 is 1.80 bits per heavy atom.